The van der Waals surface area contributed by atoms with Crippen molar-refractivity contribution in [2.24, 2.45) is 10.9 Å². The fourth-order valence-corrected chi connectivity index (χ4v) is 5.28. The molecule has 136 valence electrons. The molecule has 0 saturated carbocycles. The van der Waals surface area contributed by atoms with E-state index in [0.717, 1.165) is 65.1 Å². The molecule has 0 spiro atoms. The standard InChI is InChI=1S/C22H21N3OS/c23-17-5-1-3-15(11-17)18-6-2-4-16-12-20(27-21(16)18)22(26)24-19-13-25-9-7-14(19)8-10-25/h1-6,11-12,14H,7-10,13,23H2. The number of nitrogens with two attached hydrogens (primary N) is 1. The van der Waals surface area contributed by atoms with Gasteiger partial charge in [0.05, 0.1) is 4.88 Å². The topological polar surface area (TPSA) is 58.7 Å². The lowest BCUT2D eigenvalue weighted by Crippen LogP contribution is -2.48. The second-order valence-electron chi connectivity index (χ2n) is 7.42. The van der Waals surface area contributed by atoms with E-state index >= 15 is 0 Å². The maximum Gasteiger partial charge on any atom is 0.287 e. The van der Waals surface area contributed by atoms with Gasteiger partial charge in [-0.25, -0.2) is 4.99 Å². The lowest BCUT2D eigenvalue weighted by Gasteiger charge is -2.39. The van der Waals surface area contributed by atoms with Crippen molar-refractivity contribution >= 4 is 38.7 Å². The van der Waals surface area contributed by atoms with Crippen molar-refractivity contribution in [1.82, 2.24) is 4.90 Å². The number of hydrogen-bond donors (Lipinski definition) is 1. The summed E-state index contributed by atoms with van der Waals surface area (Å²) in [4.78, 5) is 20.5. The zero-order valence-electron chi connectivity index (χ0n) is 15.0. The van der Waals surface area contributed by atoms with Crippen LogP contribution in [0.15, 0.2) is 53.5 Å². The van der Waals surface area contributed by atoms with E-state index in [2.05, 4.69) is 28.1 Å². The van der Waals surface area contributed by atoms with Crippen LogP contribution in [0.1, 0.15) is 22.5 Å². The van der Waals surface area contributed by atoms with Crippen molar-refractivity contribution in [3.05, 3.63) is 53.4 Å². The fraction of sp³-hybridized carbons (Fsp3) is 0.273. The van der Waals surface area contributed by atoms with Crippen molar-refractivity contribution in [2.45, 2.75) is 12.8 Å². The van der Waals surface area contributed by atoms with E-state index in [9.17, 15) is 4.79 Å². The van der Waals surface area contributed by atoms with Crippen LogP contribution in [0.3, 0.4) is 0 Å². The van der Waals surface area contributed by atoms with Crippen LogP contribution in [0, 0.1) is 5.92 Å². The number of amides is 1. The highest BCUT2D eigenvalue weighted by Crippen LogP contribution is 2.36. The van der Waals surface area contributed by atoms with E-state index in [1.807, 2.05) is 30.3 Å². The summed E-state index contributed by atoms with van der Waals surface area (Å²) in [5, 5.41) is 1.08. The van der Waals surface area contributed by atoms with Gasteiger partial charge in [0.2, 0.25) is 0 Å². The van der Waals surface area contributed by atoms with E-state index < -0.39 is 0 Å². The van der Waals surface area contributed by atoms with Gasteiger partial charge in [-0.1, -0.05) is 30.3 Å². The van der Waals surface area contributed by atoms with Crippen molar-refractivity contribution < 1.29 is 4.79 Å². The van der Waals surface area contributed by atoms with Crippen LogP contribution in [-0.2, 0) is 0 Å². The molecular formula is C22H21N3OS. The molecule has 0 unspecified atom stereocenters. The van der Waals surface area contributed by atoms with E-state index in [-0.39, 0.29) is 5.91 Å². The Morgan fingerprint density at radius 1 is 1.11 bits per heavy atom. The number of nitrogens with zero attached hydrogens (tertiary/aromatic N) is 2. The maximum atomic E-state index is 12.8. The quantitative estimate of drug-likeness (QED) is 0.673. The zero-order valence-corrected chi connectivity index (χ0v) is 15.8. The molecule has 2 bridgehead atoms. The molecule has 0 radical (unpaired) electrons. The van der Waals surface area contributed by atoms with Crippen LogP contribution in [0.4, 0.5) is 5.69 Å². The van der Waals surface area contributed by atoms with E-state index in [1.54, 1.807) is 0 Å². The number of hydrogen-bond acceptors (Lipinski definition) is 4. The average Bonchev–Trinajstić information content (AvgIpc) is 3.13. The van der Waals surface area contributed by atoms with Gasteiger partial charge in [-0.05, 0) is 60.6 Å². The third-order valence-electron chi connectivity index (χ3n) is 5.64. The summed E-state index contributed by atoms with van der Waals surface area (Å²) in [6.07, 6.45) is 2.27. The van der Waals surface area contributed by atoms with Gasteiger partial charge < -0.3 is 5.73 Å². The number of benzene rings is 2. The molecule has 3 aromatic rings. The molecule has 2 aromatic carbocycles. The summed E-state index contributed by atoms with van der Waals surface area (Å²) >= 11 is 1.53. The number of carbonyl (C=O) groups excluding carboxylic acids is 1. The summed E-state index contributed by atoms with van der Waals surface area (Å²) < 4.78 is 1.11. The summed E-state index contributed by atoms with van der Waals surface area (Å²) in [7, 11) is 0. The predicted octanol–water partition coefficient (Wildman–Crippen LogP) is 4.46. The van der Waals surface area contributed by atoms with E-state index in [4.69, 9.17) is 5.73 Å². The van der Waals surface area contributed by atoms with E-state index in [0.29, 0.717) is 10.8 Å². The third kappa shape index (κ3) is 3.07. The Balaban J connectivity index is 1.52. The van der Waals surface area contributed by atoms with Gasteiger partial charge in [-0.15, -0.1) is 11.3 Å². The summed E-state index contributed by atoms with van der Waals surface area (Å²) in [6.45, 7) is 3.14. The maximum absolute atomic E-state index is 12.8. The number of piperidine rings is 3. The minimum Gasteiger partial charge on any atom is -0.399 e. The minimum absolute atomic E-state index is 0.0986. The van der Waals surface area contributed by atoms with Crippen molar-refractivity contribution in [1.29, 1.82) is 0 Å². The number of nitrogen functional groups attached to an aromatic ring is 1. The van der Waals surface area contributed by atoms with Crippen molar-refractivity contribution in [3.63, 3.8) is 0 Å². The highest BCUT2D eigenvalue weighted by atomic mass is 32.1. The average molecular weight is 375 g/mol. The van der Waals surface area contributed by atoms with Crippen LogP contribution in [-0.4, -0.2) is 36.2 Å². The molecule has 4 nitrogen and oxygen atoms in total. The molecule has 4 heterocycles. The Hall–Kier alpha value is -2.50. The first-order valence-corrected chi connectivity index (χ1v) is 10.2. The van der Waals surface area contributed by atoms with Gasteiger partial charge in [0, 0.05) is 28.6 Å². The third-order valence-corrected chi connectivity index (χ3v) is 6.81. The monoisotopic (exact) mass is 375 g/mol. The van der Waals surface area contributed by atoms with Gasteiger partial charge in [-0.3, -0.25) is 9.69 Å². The normalized spacial score (nSPS) is 23.2. The SMILES string of the molecule is Nc1cccc(-c2cccc3cc(C(=O)N=C4CN5CCC4CC5)sc23)c1. The molecule has 3 saturated heterocycles. The Morgan fingerprint density at radius 3 is 2.67 bits per heavy atom. The number of thiophene rings is 1. The second kappa shape index (κ2) is 6.59. The largest absolute Gasteiger partial charge is 0.399 e. The highest BCUT2D eigenvalue weighted by molar-refractivity contribution is 7.21. The molecule has 5 heteroatoms. The number of carbonyl (C=O) groups is 1. The molecule has 0 aliphatic carbocycles. The Labute approximate surface area is 162 Å². The second-order valence-corrected chi connectivity index (χ2v) is 8.47. The molecule has 6 rings (SSSR count). The van der Waals surface area contributed by atoms with Gasteiger partial charge in [-0.2, -0.15) is 0 Å². The van der Waals surface area contributed by atoms with Crippen molar-refractivity contribution in [2.75, 3.05) is 25.4 Å². The van der Waals surface area contributed by atoms with Gasteiger partial charge in [0.25, 0.3) is 5.91 Å². The molecule has 3 aliphatic heterocycles. The van der Waals surface area contributed by atoms with Crippen molar-refractivity contribution in [3.8, 4) is 11.1 Å². The molecule has 1 amide bonds. The lowest BCUT2D eigenvalue weighted by molar-refractivity contribution is 0.100. The van der Waals surface area contributed by atoms with Gasteiger partial charge in [0.1, 0.15) is 0 Å². The zero-order chi connectivity index (χ0) is 18.4. The Morgan fingerprint density at radius 2 is 1.93 bits per heavy atom. The first kappa shape index (κ1) is 16.7. The smallest absolute Gasteiger partial charge is 0.287 e. The Bertz CT molecular complexity index is 1060. The van der Waals surface area contributed by atoms with Crippen LogP contribution < -0.4 is 5.73 Å². The minimum atomic E-state index is -0.0986. The Kier molecular flexibility index (Phi) is 4.06. The molecule has 1 aromatic heterocycles. The molecule has 27 heavy (non-hydrogen) atoms. The van der Waals surface area contributed by atoms with Gasteiger partial charge >= 0.3 is 0 Å². The predicted molar refractivity (Wildman–Crippen MR) is 113 cm³/mol. The summed E-state index contributed by atoms with van der Waals surface area (Å²) in [5.74, 6) is 0.398. The number of anilines is 1. The van der Waals surface area contributed by atoms with Gasteiger partial charge in [0.15, 0.2) is 0 Å². The molecule has 3 fully saturated rings. The number of rotatable bonds is 2. The first-order valence-electron chi connectivity index (χ1n) is 9.40. The molecule has 2 N–H and O–H groups in total. The van der Waals surface area contributed by atoms with Crippen LogP contribution >= 0.6 is 11.3 Å². The van der Waals surface area contributed by atoms with E-state index in [1.165, 1.54) is 11.3 Å². The summed E-state index contributed by atoms with van der Waals surface area (Å²) in [6, 6.07) is 16.0. The van der Waals surface area contributed by atoms with Crippen LogP contribution in [0.2, 0.25) is 0 Å². The molecular weight excluding hydrogens is 354 g/mol. The van der Waals surface area contributed by atoms with Crippen LogP contribution in [0.25, 0.3) is 21.2 Å². The summed E-state index contributed by atoms with van der Waals surface area (Å²) in [5.41, 5.74) is 9.96. The highest BCUT2D eigenvalue weighted by Gasteiger charge is 2.31. The number of fused-ring (bicyclic) bond motifs is 4. The lowest BCUT2D eigenvalue weighted by atomic mass is 9.86. The first-order chi connectivity index (χ1) is 13.2. The van der Waals surface area contributed by atoms with Crippen LogP contribution in [0.5, 0.6) is 0 Å². The molecule has 0 atom stereocenters. The fourth-order valence-electron chi connectivity index (χ4n) is 4.20. The number of aliphatic imine (C=N–C) groups is 1. The molecule has 3 aliphatic rings.